The molecule has 6 heteroatoms. The maximum absolute atomic E-state index is 11.0. The first-order chi connectivity index (χ1) is 8.42. The van der Waals surface area contributed by atoms with Gasteiger partial charge in [0, 0.05) is 6.54 Å². The van der Waals surface area contributed by atoms with E-state index in [1.807, 2.05) is 12.3 Å². The number of fused-ring (bicyclic) bond motifs is 1. The molecule has 2 rings (SSSR count). The van der Waals surface area contributed by atoms with Crippen molar-refractivity contribution in [1.29, 1.82) is 0 Å². The maximum Gasteiger partial charge on any atom is 0.310 e. The summed E-state index contributed by atoms with van der Waals surface area (Å²) in [6.07, 6.45) is 1.50. The molecule has 0 aliphatic rings. The van der Waals surface area contributed by atoms with Gasteiger partial charge >= 0.3 is 5.97 Å². The van der Waals surface area contributed by atoms with Gasteiger partial charge in [-0.1, -0.05) is 0 Å². The van der Waals surface area contributed by atoms with Crippen LogP contribution in [0.25, 0.3) is 10.2 Å². The van der Waals surface area contributed by atoms with Gasteiger partial charge < -0.3 is 10.4 Å². The first-order valence-electron chi connectivity index (χ1n) is 5.58. The minimum atomic E-state index is -0.831. The highest BCUT2D eigenvalue weighted by Crippen LogP contribution is 2.29. The third-order valence-electron chi connectivity index (χ3n) is 2.81. The van der Waals surface area contributed by atoms with E-state index in [-0.39, 0.29) is 0 Å². The summed E-state index contributed by atoms with van der Waals surface area (Å²) in [4.78, 5) is 19.4. The van der Waals surface area contributed by atoms with Crippen LogP contribution in [0, 0.1) is 12.3 Å². The third kappa shape index (κ3) is 2.28. The van der Waals surface area contributed by atoms with Crippen LogP contribution in [0.5, 0.6) is 0 Å². The summed E-state index contributed by atoms with van der Waals surface area (Å²) in [7, 11) is 0. The lowest BCUT2D eigenvalue weighted by Gasteiger charge is -2.19. The van der Waals surface area contributed by atoms with E-state index in [9.17, 15) is 4.79 Å². The highest BCUT2D eigenvalue weighted by molar-refractivity contribution is 7.18. The lowest BCUT2D eigenvalue weighted by Crippen LogP contribution is -2.32. The molecule has 0 fully saturated rings. The number of carboxylic acids is 1. The number of carboxylic acid groups (broad SMARTS) is 1. The molecule has 96 valence electrons. The molecule has 18 heavy (non-hydrogen) atoms. The van der Waals surface area contributed by atoms with Crippen LogP contribution < -0.4 is 5.32 Å². The molecule has 0 atom stereocenters. The van der Waals surface area contributed by atoms with Crippen LogP contribution in [0.2, 0.25) is 0 Å². The van der Waals surface area contributed by atoms with Crippen molar-refractivity contribution in [3.63, 3.8) is 0 Å². The summed E-state index contributed by atoms with van der Waals surface area (Å²) in [5, 5.41) is 14.2. The van der Waals surface area contributed by atoms with Crippen molar-refractivity contribution in [3.05, 3.63) is 17.3 Å². The predicted octanol–water partition coefficient (Wildman–Crippen LogP) is 2.52. The maximum atomic E-state index is 11.0. The van der Waals surface area contributed by atoms with E-state index in [1.165, 1.54) is 6.33 Å². The summed E-state index contributed by atoms with van der Waals surface area (Å²) in [5.41, 5.74) is 1.20. The number of nitrogens with zero attached hydrogens (tertiary/aromatic N) is 2. The molecule has 2 N–H and O–H groups in total. The van der Waals surface area contributed by atoms with Crippen LogP contribution in [0.3, 0.4) is 0 Å². The molecule has 0 aromatic carbocycles. The minimum Gasteiger partial charge on any atom is -0.481 e. The van der Waals surface area contributed by atoms with Crippen LogP contribution in [-0.2, 0) is 4.79 Å². The zero-order chi connectivity index (χ0) is 13.3. The molecular weight excluding hydrogens is 250 g/mol. The Labute approximate surface area is 109 Å². The quantitative estimate of drug-likeness (QED) is 0.888. The number of anilines is 1. The van der Waals surface area contributed by atoms with Crippen molar-refractivity contribution < 1.29 is 9.90 Å². The van der Waals surface area contributed by atoms with Crippen LogP contribution in [0.1, 0.15) is 19.4 Å². The Kier molecular flexibility index (Phi) is 3.21. The zero-order valence-electron chi connectivity index (χ0n) is 10.5. The van der Waals surface area contributed by atoms with Crippen LogP contribution in [0.15, 0.2) is 11.7 Å². The van der Waals surface area contributed by atoms with Gasteiger partial charge in [0.1, 0.15) is 12.1 Å². The molecule has 5 nitrogen and oxygen atoms in total. The summed E-state index contributed by atoms with van der Waals surface area (Å²) < 4.78 is 0.969. The van der Waals surface area contributed by atoms with E-state index in [2.05, 4.69) is 15.3 Å². The lowest BCUT2D eigenvalue weighted by atomic mass is 9.94. The number of hydrogen-bond acceptors (Lipinski definition) is 5. The number of hydrogen-bond donors (Lipinski definition) is 2. The van der Waals surface area contributed by atoms with Crippen molar-refractivity contribution in [3.8, 4) is 0 Å². The number of aryl methyl sites for hydroxylation is 1. The van der Waals surface area contributed by atoms with E-state index >= 15 is 0 Å². The molecule has 2 aromatic heterocycles. The predicted molar refractivity (Wildman–Crippen MR) is 72.1 cm³/mol. The molecule has 0 radical (unpaired) electrons. The first-order valence-corrected chi connectivity index (χ1v) is 6.46. The topological polar surface area (TPSA) is 75.1 Å². The second kappa shape index (κ2) is 4.53. The Morgan fingerprint density at radius 2 is 2.22 bits per heavy atom. The molecule has 0 spiro atoms. The molecule has 0 unspecified atom stereocenters. The normalized spacial score (nSPS) is 11.7. The van der Waals surface area contributed by atoms with Gasteiger partial charge in [-0.25, -0.2) is 9.97 Å². The van der Waals surface area contributed by atoms with Crippen molar-refractivity contribution in [2.75, 3.05) is 11.9 Å². The highest BCUT2D eigenvalue weighted by Gasteiger charge is 2.27. The zero-order valence-corrected chi connectivity index (χ0v) is 11.3. The molecule has 2 aromatic rings. The number of aromatic nitrogens is 2. The Morgan fingerprint density at radius 3 is 2.89 bits per heavy atom. The fourth-order valence-electron chi connectivity index (χ4n) is 1.48. The Balaban J connectivity index is 2.25. The summed E-state index contributed by atoms with van der Waals surface area (Å²) >= 11 is 1.56. The molecule has 0 aliphatic heterocycles. The van der Waals surface area contributed by atoms with Crippen molar-refractivity contribution >= 4 is 33.3 Å². The van der Waals surface area contributed by atoms with E-state index in [4.69, 9.17) is 5.11 Å². The second-order valence-corrected chi connectivity index (χ2v) is 5.74. The fraction of sp³-hybridized carbons (Fsp3) is 0.417. The minimum absolute atomic E-state index is 0.325. The van der Waals surface area contributed by atoms with Gasteiger partial charge in [0.2, 0.25) is 0 Å². The molecule has 0 aliphatic carbocycles. The molecule has 2 heterocycles. The number of carbonyl (C=O) groups is 1. The van der Waals surface area contributed by atoms with E-state index in [0.717, 1.165) is 15.8 Å². The molecule has 0 bridgehead atoms. The van der Waals surface area contributed by atoms with Crippen LogP contribution in [-0.4, -0.2) is 27.6 Å². The van der Waals surface area contributed by atoms with Crippen LogP contribution in [0.4, 0.5) is 5.82 Å². The van der Waals surface area contributed by atoms with Crippen molar-refractivity contribution in [2.45, 2.75) is 20.8 Å². The van der Waals surface area contributed by atoms with Gasteiger partial charge in [-0.15, -0.1) is 11.3 Å². The number of rotatable bonds is 4. The van der Waals surface area contributed by atoms with E-state index in [1.54, 1.807) is 25.2 Å². The smallest absolute Gasteiger partial charge is 0.310 e. The largest absolute Gasteiger partial charge is 0.481 e. The summed E-state index contributed by atoms with van der Waals surface area (Å²) in [6.45, 7) is 5.68. The SMILES string of the molecule is Cc1csc2c(NCC(C)(C)C(=O)O)ncnc12. The lowest BCUT2D eigenvalue weighted by molar-refractivity contribution is -0.146. The van der Waals surface area contributed by atoms with Gasteiger partial charge in [-0.3, -0.25) is 4.79 Å². The van der Waals surface area contributed by atoms with E-state index in [0.29, 0.717) is 12.4 Å². The number of aliphatic carboxylic acids is 1. The molecule has 0 saturated carbocycles. The Morgan fingerprint density at radius 1 is 1.50 bits per heavy atom. The number of thiophene rings is 1. The van der Waals surface area contributed by atoms with Gasteiger partial charge in [-0.05, 0) is 31.7 Å². The summed E-state index contributed by atoms with van der Waals surface area (Å²) in [5.74, 6) is -0.130. The Bertz CT molecular complexity index is 592. The van der Waals surface area contributed by atoms with Gasteiger partial charge in [0.15, 0.2) is 0 Å². The molecule has 0 saturated heterocycles. The summed E-state index contributed by atoms with van der Waals surface area (Å²) in [6, 6.07) is 0. The monoisotopic (exact) mass is 265 g/mol. The molecular formula is C12H15N3O2S. The third-order valence-corrected chi connectivity index (χ3v) is 3.90. The average molecular weight is 265 g/mol. The second-order valence-electron chi connectivity index (χ2n) is 4.86. The van der Waals surface area contributed by atoms with Crippen LogP contribution >= 0.6 is 11.3 Å². The van der Waals surface area contributed by atoms with E-state index < -0.39 is 11.4 Å². The van der Waals surface area contributed by atoms with Gasteiger partial charge in [0.25, 0.3) is 0 Å². The van der Waals surface area contributed by atoms with Crippen molar-refractivity contribution in [2.24, 2.45) is 5.41 Å². The first kappa shape index (κ1) is 12.8. The van der Waals surface area contributed by atoms with Crippen molar-refractivity contribution in [1.82, 2.24) is 9.97 Å². The molecule has 0 amide bonds. The van der Waals surface area contributed by atoms with Gasteiger partial charge in [-0.2, -0.15) is 0 Å². The fourth-order valence-corrected chi connectivity index (χ4v) is 2.44. The number of nitrogens with one attached hydrogen (secondary N) is 1. The Hall–Kier alpha value is -1.69. The average Bonchev–Trinajstić information content (AvgIpc) is 2.69. The highest BCUT2D eigenvalue weighted by atomic mass is 32.1. The van der Waals surface area contributed by atoms with Gasteiger partial charge in [0.05, 0.1) is 15.6 Å². The standard InChI is InChI=1S/C12H15N3O2S/c1-7-4-18-9-8(7)14-6-15-10(9)13-5-12(2,3)11(16)17/h4,6H,5H2,1-3H3,(H,16,17)(H,13,14,15).